The lowest BCUT2D eigenvalue weighted by Crippen LogP contribution is -2.32. The molecule has 0 saturated carbocycles. The second kappa shape index (κ2) is 8.68. The van der Waals surface area contributed by atoms with Crippen LogP contribution in [0.5, 0.6) is 0 Å². The number of carbonyl (C=O) groups is 2. The highest BCUT2D eigenvalue weighted by Crippen LogP contribution is 2.19. The van der Waals surface area contributed by atoms with Crippen LogP contribution in [0.2, 0.25) is 0 Å². The minimum absolute atomic E-state index is 0.0736. The first kappa shape index (κ1) is 18.9. The van der Waals surface area contributed by atoms with Gasteiger partial charge in [0.15, 0.2) is 0 Å². The molecule has 0 spiro atoms. The maximum absolute atomic E-state index is 12.6. The van der Waals surface area contributed by atoms with Gasteiger partial charge in [-0.25, -0.2) is 0 Å². The highest BCUT2D eigenvalue weighted by Gasteiger charge is 2.18. The second-order valence-electron chi connectivity index (χ2n) is 6.79. The number of para-hydroxylation sites is 1. The Morgan fingerprint density at radius 2 is 1.93 bits per heavy atom. The number of anilines is 2. The van der Waals surface area contributed by atoms with Crippen LogP contribution >= 0.6 is 0 Å². The number of carbonyl (C=O) groups excluding carboxylic acids is 2. The topological polar surface area (TPSA) is 70.7 Å². The smallest absolute Gasteiger partial charge is 0.255 e. The third kappa shape index (κ3) is 4.86. The van der Waals surface area contributed by atoms with E-state index in [0.29, 0.717) is 23.4 Å². The Labute approximate surface area is 159 Å². The maximum atomic E-state index is 12.6. The molecule has 0 aliphatic carbocycles. The minimum Gasteiger partial charge on any atom is -0.378 e. The summed E-state index contributed by atoms with van der Waals surface area (Å²) in [6, 6.07) is 14.4. The number of nitrogens with zero attached hydrogens (tertiary/aromatic N) is 1. The highest BCUT2D eigenvalue weighted by molar-refractivity contribution is 6.09. The van der Waals surface area contributed by atoms with Crippen molar-refractivity contribution < 1.29 is 14.3 Å². The Morgan fingerprint density at radius 3 is 2.67 bits per heavy atom. The van der Waals surface area contributed by atoms with Crippen LogP contribution in [0.1, 0.15) is 33.6 Å². The normalized spacial score (nSPS) is 16.0. The van der Waals surface area contributed by atoms with Gasteiger partial charge in [-0.2, -0.15) is 0 Å². The van der Waals surface area contributed by atoms with E-state index in [1.165, 1.54) is 0 Å². The average molecular weight is 367 g/mol. The first-order valence-corrected chi connectivity index (χ1v) is 9.12. The first-order chi connectivity index (χ1) is 13.0. The number of hydrogen-bond donors (Lipinski definition) is 2. The molecule has 27 heavy (non-hydrogen) atoms. The fourth-order valence-corrected chi connectivity index (χ4v) is 3.02. The van der Waals surface area contributed by atoms with E-state index in [1.54, 1.807) is 30.3 Å². The predicted octanol–water partition coefficient (Wildman–Crippen LogP) is 2.91. The molecule has 142 valence electrons. The molecule has 1 unspecified atom stereocenters. The summed E-state index contributed by atoms with van der Waals surface area (Å²) in [7, 11) is 3.84. The van der Waals surface area contributed by atoms with Crippen molar-refractivity contribution >= 4 is 23.2 Å². The maximum Gasteiger partial charge on any atom is 0.255 e. The summed E-state index contributed by atoms with van der Waals surface area (Å²) in [6.45, 7) is 1.23. The van der Waals surface area contributed by atoms with Gasteiger partial charge in [-0.05, 0) is 43.2 Å². The van der Waals surface area contributed by atoms with Gasteiger partial charge >= 0.3 is 0 Å². The molecular weight excluding hydrogens is 342 g/mol. The largest absolute Gasteiger partial charge is 0.378 e. The van der Waals surface area contributed by atoms with Crippen LogP contribution in [0.15, 0.2) is 48.5 Å². The fraction of sp³-hybridized carbons (Fsp3) is 0.333. The van der Waals surface area contributed by atoms with Crippen molar-refractivity contribution in [3.63, 3.8) is 0 Å². The summed E-state index contributed by atoms with van der Waals surface area (Å²) in [6.07, 6.45) is 2.06. The number of benzene rings is 2. The van der Waals surface area contributed by atoms with E-state index in [1.807, 2.05) is 37.2 Å². The Kier molecular flexibility index (Phi) is 6.08. The van der Waals surface area contributed by atoms with Gasteiger partial charge in [0.1, 0.15) is 0 Å². The third-order valence-electron chi connectivity index (χ3n) is 4.56. The molecule has 2 N–H and O–H groups in total. The fourth-order valence-electron chi connectivity index (χ4n) is 3.02. The molecule has 3 rings (SSSR count). The van der Waals surface area contributed by atoms with Crippen molar-refractivity contribution in [3.05, 3.63) is 59.7 Å². The van der Waals surface area contributed by atoms with Gasteiger partial charge in [0, 0.05) is 38.5 Å². The van der Waals surface area contributed by atoms with Crippen molar-refractivity contribution in [2.75, 3.05) is 37.5 Å². The standard InChI is InChI=1S/C21H25N3O3/c1-24(2)16-8-5-7-15(13-16)20(25)23-19-11-4-3-10-18(19)21(26)22-14-17-9-6-12-27-17/h3-5,7-8,10-11,13,17H,6,9,12,14H2,1-2H3,(H,22,26)(H,23,25). The number of amides is 2. The molecule has 0 bridgehead atoms. The zero-order valence-corrected chi connectivity index (χ0v) is 15.7. The molecule has 1 atom stereocenters. The van der Waals surface area contributed by atoms with Crippen LogP contribution in [0.3, 0.4) is 0 Å². The summed E-state index contributed by atoms with van der Waals surface area (Å²) < 4.78 is 5.53. The molecule has 1 aliphatic rings. The Hall–Kier alpha value is -2.86. The van der Waals surface area contributed by atoms with E-state index < -0.39 is 0 Å². The van der Waals surface area contributed by atoms with Crippen molar-refractivity contribution in [2.45, 2.75) is 18.9 Å². The average Bonchev–Trinajstić information content (AvgIpc) is 3.20. The molecule has 1 fully saturated rings. The van der Waals surface area contributed by atoms with E-state index in [2.05, 4.69) is 10.6 Å². The Morgan fingerprint density at radius 1 is 1.11 bits per heavy atom. The molecular formula is C21H25N3O3. The van der Waals surface area contributed by atoms with Gasteiger partial charge in [0.25, 0.3) is 11.8 Å². The van der Waals surface area contributed by atoms with Gasteiger partial charge in [0.05, 0.1) is 17.4 Å². The van der Waals surface area contributed by atoms with Gasteiger partial charge in [-0.1, -0.05) is 18.2 Å². The van der Waals surface area contributed by atoms with Gasteiger partial charge < -0.3 is 20.3 Å². The van der Waals surface area contributed by atoms with E-state index in [0.717, 1.165) is 25.1 Å². The molecule has 0 aromatic heterocycles. The molecule has 2 amide bonds. The van der Waals surface area contributed by atoms with Crippen LogP contribution in [0.4, 0.5) is 11.4 Å². The minimum atomic E-state index is -0.252. The number of nitrogens with one attached hydrogen (secondary N) is 2. The van der Waals surface area contributed by atoms with Gasteiger partial charge in [0.2, 0.25) is 0 Å². The number of ether oxygens (including phenoxy) is 1. The van der Waals surface area contributed by atoms with Gasteiger partial charge in [-0.15, -0.1) is 0 Å². The van der Waals surface area contributed by atoms with E-state index in [9.17, 15) is 9.59 Å². The van der Waals surface area contributed by atoms with Crippen LogP contribution in [0.25, 0.3) is 0 Å². The highest BCUT2D eigenvalue weighted by atomic mass is 16.5. The van der Waals surface area contributed by atoms with Crippen LogP contribution < -0.4 is 15.5 Å². The van der Waals surface area contributed by atoms with E-state index in [4.69, 9.17) is 4.74 Å². The van der Waals surface area contributed by atoms with E-state index in [-0.39, 0.29) is 17.9 Å². The van der Waals surface area contributed by atoms with Crippen molar-refractivity contribution in [3.8, 4) is 0 Å². The first-order valence-electron chi connectivity index (χ1n) is 9.12. The van der Waals surface area contributed by atoms with Crippen molar-refractivity contribution in [2.24, 2.45) is 0 Å². The number of rotatable bonds is 6. The molecule has 2 aromatic rings. The lowest BCUT2D eigenvalue weighted by molar-refractivity contribution is 0.0858. The van der Waals surface area contributed by atoms with Crippen LogP contribution in [-0.4, -0.2) is 45.2 Å². The SMILES string of the molecule is CN(C)c1cccc(C(=O)Nc2ccccc2C(=O)NCC2CCCO2)c1. The zero-order chi connectivity index (χ0) is 19.2. The lowest BCUT2D eigenvalue weighted by atomic mass is 10.1. The molecule has 6 nitrogen and oxygen atoms in total. The predicted molar refractivity (Wildman–Crippen MR) is 106 cm³/mol. The lowest BCUT2D eigenvalue weighted by Gasteiger charge is -2.15. The second-order valence-corrected chi connectivity index (χ2v) is 6.79. The summed E-state index contributed by atoms with van der Waals surface area (Å²) in [5, 5.41) is 5.75. The molecule has 6 heteroatoms. The molecule has 1 heterocycles. The monoisotopic (exact) mass is 367 g/mol. The van der Waals surface area contributed by atoms with Crippen LogP contribution in [0, 0.1) is 0 Å². The van der Waals surface area contributed by atoms with Crippen molar-refractivity contribution in [1.29, 1.82) is 0 Å². The Balaban J connectivity index is 1.70. The Bertz CT molecular complexity index is 814. The quantitative estimate of drug-likeness (QED) is 0.824. The molecule has 1 saturated heterocycles. The molecule has 1 aliphatic heterocycles. The van der Waals surface area contributed by atoms with Gasteiger partial charge in [-0.3, -0.25) is 9.59 Å². The summed E-state index contributed by atoms with van der Waals surface area (Å²) in [4.78, 5) is 27.1. The molecule has 0 radical (unpaired) electrons. The zero-order valence-electron chi connectivity index (χ0n) is 15.7. The van der Waals surface area contributed by atoms with Crippen LogP contribution in [-0.2, 0) is 4.74 Å². The summed E-state index contributed by atoms with van der Waals surface area (Å²) in [5.74, 6) is -0.471. The summed E-state index contributed by atoms with van der Waals surface area (Å²) in [5.41, 5.74) is 2.40. The third-order valence-corrected chi connectivity index (χ3v) is 4.56. The van der Waals surface area contributed by atoms with Crippen molar-refractivity contribution in [1.82, 2.24) is 5.32 Å². The molecule has 2 aromatic carbocycles. The number of hydrogen-bond acceptors (Lipinski definition) is 4. The summed E-state index contributed by atoms with van der Waals surface area (Å²) >= 11 is 0. The van der Waals surface area contributed by atoms with E-state index >= 15 is 0 Å².